The molecule has 0 aliphatic rings. The van der Waals surface area contributed by atoms with Crippen molar-refractivity contribution in [2.24, 2.45) is 0 Å². The average molecular weight is 414 g/mol. The first-order chi connectivity index (χ1) is 14.3. The van der Waals surface area contributed by atoms with Gasteiger partial charge in [0, 0.05) is 23.3 Å². The van der Waals surface area contributed by atoms with Gasteiger partial charge in [0.05, 0.1) is 0 Å². The molecule has 0 radical (unpaired) electrons. The van der Waals surface area contributed by atoms with E-state index in [0.717, 1.165) is 5.75 Å². The van der Waals surface area contributed by atoms with Crippen molar-refractivity contribution >= 4 is 38.8 Å². The molecule has 0 saturated heterocycles. The van der Waals surface area contributed by atoms with Gasteiger partial charge in [-0.05, 0) is 15.9 Å². The number of rotatable bonds is 6. The molecule has 0 fully saturated rings. The highest BCUT2D eigenvalue weighted by molar-refractivity contribution is 8.19. The molecule has 0 aliphatic heterocycles. The molecular weight excluding hydrogens is 387 g/mol. The highest BCUT2D eigenvalue weighted by atomic mass is 32.2. The van der Waals surface area contributed by atoms with E-state index < -0.39 is 6.89 Å². The van der Waals surface area contributed by atoms with Crippen LogP contribution in [0.25, 0.3) is 0 Å². The molecule has 0 N–H and O–H groups in total. The summed E-state index contributed by atoms with van der Waals surface area (Å²) in [5.74, 6) is 1.08. The maximum atomic E-state index is 2.68. The van der Waals surface area contributed by atoms with Gasteiger partial charge in [0.25, 0.3) is 0 Å². The van der Waals surface area contributed by atoms with Crippen LogP contribution in [-0.4, -0.2) is 11.4 Å². The van der Waals surface area contributed by atoms with E-state index in [-0.39, 0.29) is 10.9 Å². The predicted octanol–water partition coefficient (Wildman–Crippen LogP) is 5.19. The summed E-state index contributed by atoms with van der Waals surface area (Å²) in [6, 6.07) is 44.1. The molecule has 4 aromatic carbocycles. The molecule has 0 saturated carbocycles. The average Bonchev–Trinajstić information content (AvgIpc) is 2.80. The van der Waals surface area contributed by atoms with Crippen molar-refractivity contribution in [1.82, 2.24) is 0 Å². The number of hydrogen-bond donors (Lipinski definition) is 0. The lowest BCUT2D eigenvalue weighted by Crippen LogP contribution is -2.28. The van der Waals surface area contributed by atoms with Gasteiger partial charge in [0.15, 0.2) is 0 Å². The van der Waals surface area contributed by atoms with E-state index in [0.29, 0.717) is 0 Å². The van der Waals surface area contributed by atoms with E-state index in [4.69, 9.17) is 0 Å². The fourth-order valence-electron chi connectivity index (χ4n) is 3.76. The third kappa shape index (κ3) is 4.42. The van der Waals surface area contributed by atoms with Crippen LogP contribution in [0, 0.1) is 0 Å². The zero-order valence-electron chi connectivity index (χ0n) is 16.7. The Morgan fingerprint density at radius 2 is 0.897 bits per heavy atom. The second kappa shape index (κ2) is 9.35. The van der Waals surface area contributed by atoms with Crippen molar-refractivity contribution < 1.29 is 0 Å². The molecule has 2 heteroatoms. The summed E-state index contributed by atoms with van der Waals surface area (Å²) < 4.78 is 0. The molecule has 1 unspecified atom stereocenters. The third-order valence-corrected chi connectivity index (χ3v) is 11.9. The zero-order valence-corrected chi connectivity index (χ0v) is 18.4. The Kier molecular flexibility index (Phi) is 6.39. The van der Waals surface area contributed by atoms with Gasteiger partial charge in [0.2, 0.25) is 0 Å². The van der Waals surface area contributed by atoms with Gasteiger partial charge in [-0.3, -0.25) is 0 Å². The number of benzene rings is 4. The topological polar surface area (TPSA) is 0 Å². The predicted molar refractivity (Wildman–Crippen MR) is 135 cm³/mol. The second-order valence-corrected chi connectivity index (χ2v) is 12.7. The minimum absolute atomic E-state index is 0.133. The van der Waals surface area contributed by atoms with Gasteiger partial charge in [0.1, 0.15) is 17.1 Å². The molecule has 0 bridgehead atoms. The Morgan fingerprint density at radius 3 is 1.28 bits per heavy atom. The van der Waals surface area contributed by atoms with Crippen LogP contribution in [0.15, 0.2) is 121 Å². The first kappa shape index (κ1) is 19.8. The Morgan fingerprint density at radius 1 is 0.552 bits per heavy atom. The van der Waals surface area contributed by atoms with Crippen LogP contribution in [0.3, 0.4) is 0 Å². The van der Waals surface area contributed by atoms with E-state index in [2.05, 4.69) is 133 Å². The molecule has 1 atom stereocenters. The van der Waals surface area contributed by atoms with Crippen LogP contribution >= 0.6 is 6.89 Å². The maximum Gasteiger partial charge on any atom is 0.137 e. The molecule has 29 heavy (non-hydrogen) atoms. The summed E-state index contributed by atoms with van der Waals surface area (Å²) in [4.78, 5) is 0. The van der Waals surface area contributed by atoms with Crippen LogP contribution in [0.2, 0.25) is 0 Å². The Bertz CT molecular complexity index is 971. The summed E-state index contributed by atoms with van der Waals surface area (Å²) >= 11 is 0. The highest BCUT2D eigenvalue weighted by Crippen LogP contribution is 2.44. The van der Waals surface area contributed by atoms with Crippen molar-refractivity contribution in [2.45, 2.75) is 5.75 Å². The third-order valence-electron chi connectivity index (χ3n) is 5.07. The molecule has 0 amide bonds. The molecule has 4 aromatic rings. The minimum Gasteiger partial charge on any atom is -0.0622 e. The van der Waals surface area contributed by atoms with Gasteiger partial charge < -0.3 is 0 Å². The van der Waals surface area contributed by atoms with Crippen molar-refractivity contribution in [3.63, 3.8) is 0 Å². The largest absolute Gasteiger partial charge is 0.137 e. The van der Waals surface area contributed by atoms with Crippen LogP contribution in [0.1, 0.15) is 5.56 Å². The molecule has 0 nitrogen and oxygen atoms in total. The van der Waals surface area contributed by atoms with Crippen LogP contribution in [0.4, 0.5) is 0 Å². The maximum absolute atomic E-state index is 2.68. The van der Waals surface area contributed by atoms with E-state index in [9.17, 15) is 0 Å². The van der Waals surface area contributed by atoms with Gasteiger partial charge in [-0.15, -0.1) is 0 Å². The highest BCUT2D eigenvalue weighted by Gasteiger charge is 2.29. The standard InChI is InChI=1S/C27H26PS/c1-29(22-24-14-6-2-7-15-24)23-28(25-16-8-3-9-17-25,26-18-10-4-11-19-26)27-20-12-5-13-21-27/h2-21,23H,22H2,1H3/q+1. The number of hydrogen-bond acceptors (Lipinski definition) is 0. The second-order valence-electron chi connectivity index (χ2n) is 7.16. The molecular formula is C27H26PS+. The lowest BCUT2D eigenvalue weighted by atomic mass is 10.2. The zero-order chi connectivity index (χ0) is 19.9. The first-order valence-corrected chi connectivity index (χ1v) is 13.6. The summed E-state index contributed by atoms with van der Waals surface area (Å²) in [7, 11) is 0.133. The first-order valence-electron chi connectivity index (χ1n) is 9.86. The molecule has 0 aromatic heterocycles. The molecule has 144 valence electrons. The summed E-state index contributed by atoms with van der Waals surface area (Å²) in [5.41, 5.74) is 1.40. The summed E-state index contributed by atoms with van der Waals surface area (Å²) in [6.45, 7) is -1.86. The van der Waals surface area contributed by atoms with Gasteiger partial charge in [-0.2, -0.15) is 0 Å². The van der Waals surface area contributed by atoms with E-state index in [1.165, 1.54) is 21.5 Å². The SMILES string of the molecule is C[S+](C=P(c1ccccc1)(c1ccccc1)c1ccccc1)Cc1ccccc1. The molecule has 0 aliphatic carbocycles. The monoisotopic (exact) mass is 413 g/mol. The van der Waals surface area contributed by atoms with Crippen molar-refractivity contribution in [1.29, 1.82) is 0 Å². The van der Waals surface area contributed by atoms with Gasteiger partial charge in [-0.25, -0.2) is 0 Å². The van der Waals surface area contributed by atoms with Crippen molar-refractivity contribution in [3.8, 4) is 0 Å². The van der Waals surface area contributed by atoms with Gasteiger partial charge >= 0.3 is 0 Å². The van der Waals surface area contributed by atoms with E-state index in [1.54, 1.807) is 0 Å². The van der Waals surface area contributed by atoms with E-state index in [1.807, 2.05) is 0 Å². The minimum atomic E-state index is -1.86. The normalized spacial score (nSPS) is 12.3. The quantitative estimate of drug-likeness (QED) is 0.301. The smallest absolute Gasteiger partial charge is 0.0622 e. The fourth-order valence-corrected chi connectivity index (χ4v) is 11.2. The molecule has 0 spiro atoms. The van der Waals surface area contributed by atoms with E-state index >= 15 is 0 Å². The lowest BCUT2D eigenvalue weighted by Gasteiger charge is -2.27. The Labute approximate surface area is 177 Å². The summed E-state index contributed by atoms with van der Waals surface area (Å²) in [6.07, 6.45) is 2.39. The fraction of sp³-hybridized carbons (Fsp3) is 0.0741. The Hall–Kier alpha value is -2.47. The van der Waals surface area contributed by atoms with Crippen LogP contribution in [-0.2, 0) is 16.6 Å². The van der Waals surface area contributed by atoms with Crippen LogP contribution < -0.4 is 15.9 Å². The lowest BCUT2D eigenvalue weighted by molar-refractivity contribution is 1.41. The molecule has 0 heterocycles. The van der Waals surface area contributed by atoms with Crippen molar-refractivity contribution in [3.05, 3.63) is 127 Å². The summed E-state index contributed by atoms with van der Waals surface area (Å²) in [5, 5.41) is 6.94. The Balaban J connectivity index is 1.95. The van der Waals surface area contributed by atoms with Crippen molar-refractivity contribution in [2.75, 3.05) is 6.26 Å². The molecule has 4 rings (SSSR count). The van der Waals surface area contributed by atoms with Crippen LogP contribution in [0.5, 0.6) is 0 Å². The van der Waals surface area contributed by atoms with Gasteiger partial charge in [-0.1, -0.05) is 121 Å².